The topological polar surface area (TPSA) is 44.9 Å². The van der Waals surface area contributed by atoms with Crippen molar-refractivity contribution in [3.63, 3.8) is 0 Å². The van der Waals surface area contributed by atoms with Gasteiger partial charge in [0.25, 0.3) is 0 Å². The van der Waals surface area contributed by atoms with Gasteiger partial charge >= 0.3 is 21.1 Å². The summed E-state index contributed by atoms with van der Waals surface area (Å²) in [6.07, 6.45) is 1.80. The maximum absolute atomic E-state index is 6.39. The van der Waals surface area contributed by atoms with E-state index in [1.807, 2.05) is 89.6 Å². The standard InChI is InChI=1S/C38H24N4O.Pt/c1-3-12-27(13-4-1)34-26-36(28-14-5-2-6-15-28)42(40-34)29-16-11-17-30(24-29)43-31-21-22-33-32-18-7-8-19-35(32)41(37(33)25-31)38-20-9-10-23-39-38;/h1-23,26H;/q-2;+2. The van der Waals surface area contributed by atoms with E-state index in [1.165, 1.54) is 0 Å². The Hall–Kier alpha value is -5.25. The van der Waals surface area contributed by atoms with Gasteiger partial charge in [-0.15, -0.1) is 35.7 Å². The first kappa shape index (κ1) is 27.6. The van der Waals surface area contributed by atoms with Crippen LogP contribution in [0.5, 0.6) is 11.5 Å². The van der Waals surface area contributed by atoms with E-state index in [9.17, 15) is 0 Å². The first-order chi connectivity index (χ1) is 21.3. The molecule has 5 aromatic carbocycles. The molecule has 0 aliphatic rings. The number of benzene rings is 5. The molecular weight excluding hydrogens is 724 g/mol. The zero-order valence-corrected chi connectivity index (χ0v) is 25.6. The molecule has 5 nitrogen and oxygen atoms in total. The summed E-state index contributed by atoms with van der Waals surface area (Å²) in [4.78, 5) is 4.62. The molecule has 8 aromatic rings. The van der Waals surface area contributed by atoms with Crippen molar-refractivity contribution in [2.45, 2.75) is 0 Å². The molecule has 0 saturated heterocycles. The third kappa shape index (κ3) is 5.02. The summed E-state index contributed by atoms with van der Waals surface area (Å²) in [5.74, 6) is 2.00. The number of hydrogen-bond donors (Lipinski definition) is 0. The average Bonchev–Trinajstić information content (AvgIpc) is 3.66. The third-order valence-electron chi connectivity index (χ3n) is 7.48. The van der Waals surface area contributed by atoms with Gasteiger partial charge in [0.05, 0.1) is 11.4 Å². The third-order valence-corrected chi connectivity index (χ3v) is 7.48. The predicted molar refractivity (Wildman–Crippen MR) is 171 cm³/mol. The molecule has 0 aliphatic heterocycles. The van der Waals surface area contributed by atoms with Crippen molar-refractivity contribution in [1.82, 2.24) is 19.3 Å². The molecule has 0 radical (unpaired) electrons. The minimum atomic E-state index is 0. The van der Waals surface area contributed by atoms with E-state index in [1.54, 1.807) is 6.20 Å². The first-order valence-electron chi connectivity index (χ1n) is 14.1. The van der Waals surface area contributed by atoms with Crippen molar-refractivity contribution in [3.8, 4) is 45.5 Å². The first-order valence-corrected chi connectivity index (χ1v) is 14.1. The number of pyridine rings is 1. The molecule has 0 fully saturated rings. The van der Waals surface area contributed by atoms with E-state index in [4.69, 9.17) is 9.84 Å². The largest absolute Gasteiger partial charge is 2.00 e. The molecule has 0 bridgehead atoms. The number of para-hydroxylation sites is 1. The number of ether oxygens (including phenoxy) is 1. The van der Waals surface area contributed by atoms with Crippen LogP contribution in [0.15, 0.2) is 146 Å². The molecule has 0 aliphatic carbocycles. The molecule has 8 rings (SSSR count). The van der Waals surface area contributed by atoms with E-state index in [2.05, 4.69) is 76.3 Å². The van der Waals surface area contributed by atoms with Gasteiger partial charge in [0.2, 0.25) is 0 Å². The summed E-state index contributed by atoms with van der Waals surface area (Å²) in [7, 11) is 0. The van der Waals surface area contributed by atoms with Crippen molar-refractivity contribution in [2.75, 3.05) is 0 Å². The maximum atomic E-state index is 6.39. The van der Waals surface area contributed by atoms with Crippen molar-refractivity contribution < 1.29 is 25.8 Å². The number of fused-ring (bicyclic) bond motifs is 3. The van der Waals surface area contributed by atoms with E-state index in [-0.39, 0.29) is 21.1 Å². The predicted octanol–water partition coefficient (Wildman–Crippen LogP) is 9.09. The molecule has 0 saturated carbocycles. The monoisotopic (exact) mass is 747 g/mol. The molecule has 6 heteroatoms. The average molecular weight is 748 g/mol. The Morgan fingerprint density at radius 1 is 0.591 bits per heavy atom. The molecule has 0 spiro atoms. The summed E-state index contributed by atoms with van der Waals surface area (Å²) in [5.41, 5.74) is 6.73. The molecule has 3 aromatic heterocycles. The van der Waals surface area contributed by atoms with Crippen LogP contribution in [-0.4, -0.2) is 19.3 Å². The fourth-order valence-electron chi connectivity index (χ4n) is 5.52. The van der Waals surface area contributed by atoms with E-state index < -0.39 is 0 Å². The van der Waals surface area contributed by atoms with Gasteiger partial charge < -0.3 is 9.30 Å². The summed E-state index contributed by atoms with van der Waals surface area (Å²) < 4.78 is 10.4. The SMILES string of the molecule is [Pt+2].[c-]1c(Oc2[c-]c3c(cc2)c2ccccc2n3-c2ccccn2)cccc1-n1nc(-c2ccccc2)cc1-c1ccccc1. The number of aromatic nitrogens is 4. The Balaban J connectivity index is 0.00000312. The van der Waals surface area contributed by atoms with Gasteiger partial charge in [0.15, 0.2) is 0 Å². The smallest absolute Gasteiger partial charge is 0.509 e. The van der Waals surface area contributed by atoms with E-state index >= 15 is 0 Å². The van der Waals surface area contributed by atoms with Crippen LogP contribution < -0.4 is 4.74 Å². The second-order valence-electron chi connectivity index (χ2n) is 10.2. The molecule has 3 heterocycles. The van der Waals surface area contributed by atoms with Gasteiger partial charge in [-0.1, -0.05) is 90.4 Å². The maximum Gasteiger partial charge on any atom is 2.00 e. The quantitative estimate of drug-likeness (QED) is 0.160. The zero-order valence-electron chi connectivity index (χ0n) is 23.4. The summed E-state index contributed by atoms with van der Waals surface area (Å²) >= 11 is 0. The molecule has 0 N–H and O–H groups in total. The van der Waals surface area contributed by atoms with E-state index in [0.717, 1.165) is 55.8 Å². The molecule has 0 atom stereocenters. The van der Waals surface area contributed by atoms with Crippen LogP contribution in [0.2, 0.25) is 0 Å². The Morgan fingerprint density at radius 3 is 2.11 bits per heavy atom. The van der Waals surface area contributed by atoms with Crippen LogP contribution in [0.1, 0.15) is 0 Å². The van der Waals surface area contributed by atoms with Crippen LogP contribution in [-0.2, 0) is 21.1 Å². The van der Waals surface area contributed by atoms with Gasteiger partial charge in [0.1, 0.15) is 5.82 Å². The van der Waals surface area contributed by atoms with Crippen molar-refractivity contribution in [1.29, 1.82) is 0 Å². The molecular formula is C38H24N4OPt. The van der Waals surface area contributed by atoms with Crippen LogP contribution in [0, 0.1) is 12.1 Å². The van der Waals surface area contributed by atoms with E-state index in [0.29, 0.717) is 11.5 Å². The Labute approximate surface area is 269 Å². The van der Waals surface area contributed by atoms with Gasteiger partial charge in [0, 0.05) is 34.3 Å². The van der Waals surface area contributed by atoms with Crippen LogP contribution in [0.4, 0.5) is 0 Å². The summed E-state index contributed by atoms with van der Waals surface area (Å²) in [5, 5.41) is 7.22. The van der Waals surface area contributed by atoms with Gasteiger partial charge in [-0.2, -0.15) is 17.2 Å². The van der Waals surface area contributed by atoms with Crippen LogP contribution in [0.25, 0.3) is 55.8 Å². The molecule has 44 heavy (non-hydrogen) atoms. The summed E-state index contributed by atoms with van der Waals surface area (Å²) in [6, 6.07) is 53.7. The van der Waals surface area contributed by atoms with Crippen LogP contribution in [0.3, 0.4) is 0 Å². The summed E-state index contributed by atoms with van der Waals surface area (Å²) in [6.45, 7) is 0. The number of hydrogen-bond acceptors (Lipinski definition) is 3. The van der Waals surface area contributed by atoms with Crippen LogP contribution >= 0.6 is 0 Å². The van der Waals surface area contributed by atoms with Crippen molar-refractivity contribution >= 4 is 21.8 Å². The Morgan fingerprint density at radius 2 is 1.32 bits per heavy atom. The Bertz CT molecular complexity index is 2210. The molecule has 0 amide bonds. The number of nitrogens with zero attached hydrogens (tertiary/aromatic N) is 4. The van der Waals surface area contributed by atoms with Gasteiger partial charge in [-0.05, 0) is 35.3 Å². The Kier molecular flexibility index (Phi) is 7.39. The second-order valence-corrected chi connectivity index (χ2v) is 10.2. The van der Waals surface area contributed by atoms with Gasteiger partial charge in [-0.3, -0.25) is 4.68 Å². The minimum absolute atomic E-state index is 0. The van der Waals surface area contributed by atoms with Crippen molar-refractivity contribution in [3.05, 3.63) is 158 Å². The normalized spacial score (nSPS) is 11.0. The molecule has 0 unspecified atom stereocenters. The van der Waals surface area contributed by atoms with Gasteiger partial charge in [-0.25, -0.2) is 4.98 Å². The fourth-order valence-corrected chi connectivity index (χ4v) is 5.52. The zero-order chi connectivity index (χ0) is 28.6. The number of rotatable bonds is 6. The fraction of sp³-hybridized carbons (Fsp3) is 0. The molecule has 212 valence electrons. The minimum Gasteiger partial charge on any atom is -0.509 e. The second kappa shape index (κ2) is 11.8. The van der Waals surface area contributed by atoms with Crippen molar-refractivity contribution in [2.24, 2.45) is 0 Å².